The fraction of sp³-hybridized carbons (Fsp3) is 0.435. The van der Waals surface area contributed by atoms with Crippen molar-refractivity contribution in [3.05, 3.63) is 53.5 Å². The molecule has 7 nitrogen and oxygen atoms in total. The first-order chi connectivity index (χ1) is 14.5. The van der Waals surface area contributed by atoms with E-state index in [-0.39, 0.29) is 6.03 Å². The van der Waals surface area contributed by atoms with Crippen molar-refractivity contribution in [1.29, 1.82) is 0 Å². The van der Waals surface area contributed by atoms with Crippen LogP contribution in [-0.2, 0) is 13.0 Å². The number of fused-ring (bicyclic) bond motifs is 1. The van der Waals surface area contributed by atoms with Crippen LogP contribution in [0.4, 0.5) is 10.5 Å². The van der Waals surface area contributed by atoms with Crippen molar-refractivity contribution in [3.8, 4) is 0 Å². The molecule has 0 bridgehead atoms. The molecule has 0 radical (unpaired) electrons. The van der Waals surface area contributed by atoms with Crippen molar-refractivity contribution < 1.29 is 4.79 Å². The van der Waals surface area contributed by atoms with Gasteiger partial charge in [0, 0.05) is 57.6 Å². The van der Waals surface area contributed by atoms with E-state index < -0.39 is 0 Å². The molecule has 0 spiro atoms. The molecule has 0 aliphatic carbocycles. The monoisotopic (exact) mass is 406 g/mol. The highest BCUT2D eigenvalue weighted by Crippen LogP contribution is 2.18. The van der Waals surface area contributed by atoms with Gasteiger partial charge < -0.3 is 14.8 Å². The van der Waals surface area contributed by atoms with Gasteiger partial charge in [-0.25, -0.2) is 14.8 Å². The van der Waals surface area contributed by atoms with Crippen LogP contribution >= 0.6 is 0 Å². The van der Waals surface area contributed by atoms with Gasteiger partial charge in [-0.15, -0.1) is 0 Å². The molecule has 0 saturated carbocycles. The topological polar surface area (TPSA) is 66.3 Å². The lowest BCUT2D eigenvalue weighted by Crippen LogP contribution is -2.50. The van der Waals surface area contributed by atoms with E-state index in [0.717, 1.165) is 79.5 Å². The molecule has 0 unspecified atom stereocenters. The summed E-state index contributed by atoms with van der Waals surface area (Å²) >= 11 is 0. The molecule has 1 N–H and O–H groups in total. The first-order valence-corrected chi connectivity index (χ1v) is 10.7. The van der Waals surface area contributed by atoms with Gasteiger partial charge >= 0.3 is 6.03 Å². The smallest absolute Gasteiger partial charge is 0.321 e. The zero-order valence-electron chi connectivity index (χ0n) is 18.1. The van der Waals surface area contributed by atoms with Gasteiger partial charge in [0.15, 0.2) is 5.65 Å². The lowest BCUT2D eigenvalue weighted by Gasteiger charge is -2.35. The molecule has 2 amide bonds. The lowest BCUT2D eigenvalue weighted by atomic mass is 10.1. The largest absolute Gasteiger partial charge is 0.322 e. The normalized spacial score (nSPS) is 15.0. The number of aryl methyl sites for hydroxylation is 3. The molecular weight excluding hydrogens is 376 g/mol. The van der Waals surface area contributed by atoms with Gasteiger partial charge in [-0.3, -0.25) is 4.90 Å². The second-order valence-corrected chi connectivity index (χ2v) is 7.96. The van der Waals surface area contributed by atoms with Crippen molar-refractivity contribution >= 4 is 22.9 Å². The van der Waals surface area contributed by atoms with Crippen molar-refractivity contribution in [2.24, 2.45) is 0 Å². The summed E-state index contributed by atoms with van der Waals surface area (Å²) in [4.78, 5) is 26.2. The fourth-order valence-electron chi connectivity index (χ4n) is 3.99. The van der Waals surface area contributed by atoms with Crippen molar-refractivity contribution in [2.75, 3.05) is 38.0 Å². The SMILES string of the molecule is CCc1nc2cccnc2n1CCN1CCN(C(=O)Nc2cc(C)ccc2C)CC1. The van der Waals surface area contributed by atoms with Gasteiger partial charge in [-0.05, 0) is 43.2 Å². The van der Waals surface area contributed by atoms with E-state index in [0.29, 0.717) is 0 Å². The highest BCUT2D eigenvalue weighted by molar-refractivity contribution is 5.90. The highest BCUT2D eigenvalue weighted by atomic mass is 16.2. The second kappa shape index (κ2) is 8.83. The zero-order chi connectivity index (χ0) is 21.1. The Kier molecular flexibility index (Phi) is 5.99. The Bertz CT molecular complexity index is 1040. The van der Waals surface area contributed by atoms with Crippen LogP contribution in [0, 0.1) is 13.8 Å². The van der Waals surface area contributed by atoms with Crippen LogP contribution in [0.25, 0.3) is 11.2 Å². The van der Waals surface area contributed by atoms with Crippen LogP contribution in [-0.4, -0.2) is 63.1 Å². The minimum absolute atomic E-state index is 0.0126. The van der Waals surface area contributed by atoms with Crippen LogP contribution < -0.4 is 5.32 Å². The predicted octanol–water partition coefficient (Wildman–Crippen LogP) is 3.46. The molecule has 1 saturated heterocycles. The third-order valence-electron chi connectivity index (χ3n) is 5.83. The van der Waals surface area contributed by atoms with Gasteiger partial charge in [-0.2, -0.15) is 0 Å². The zero-order valence-corrected chi connectivity index (χ0v) is 18.1. The van der Waals surface area contributed by atoms with Crippen molar-refractivity contribution in [3.63, 3.8) is 0 Å². The number of hydrogen-bond acceptors (Lipinski definition) is 4. The Morgan fingerprint density at radius 1 is 1.10 bits per heavy atom. The standard InChI is InChI=1S/C23H30N6O/c1-4-21-25-19-6-5-9-24-22(19)29(21)15-12-27-10-13-28(14-11-27)23(30)26-20-16-17(2)7-8-18(20)3/h5-9,16H,4,10-15H2,1-3H3,(H,26,30). The lowest BCUT2D eigenvalue weighted by molar-refractivity contribution is 0.144. The Morgan fingerprint density at radius 2 is 1.90 bits per heavy atom. The molecule has 1 fully saturated rings. The van der Waals surface area contributed by atoms with Crippen molar-refractivity contribution in [1.82, 2.24) is 24.3 Å². The average Bonchev–Trinajstić information content (AvgIpc) is 3.13. The Labute approximate surface area is 177 Å². The average molecular weight is 407 g/mol. The van der Waals surface area contributed by atoms with Crippen LogP contribution in [0.5, 0.6) is 0 Å². The summed E-state index contributed by atoms with van der Waals surface area (Å²) in [5, 5.41) is 3.07. The van der Waals surface area contributed by atoms with Gasteiger partial charge in [0.25, 0.3) is 0 Å². The third kappa shape index (κ3) is 4.31. The molecule has 7 heteroatoms. The number of carbonyl (C=O) groups is 1. The summed E-state index contributed by atoms with van der Waals surface area (Å²) < 4.78 is 2.23. The molecule has 1 aliphatic rings. The number of pyridine rings is 1. The summed E-state index contributed by atoms with van der Waals surface area (Å²) in [6, 6.07) is 10.1. The molecular formula is C23H30N6O. The Hall–Kier alpha value is -2.93. The summed E-state index contributed by atoms with van der Waals surface area (Å²) in [5.74, 6) is 1.08. The number of piperazine rings is 1. The van der Waals surface area contributed by atoms with Crippen LogP contribution in [0.2, 0.25) is 0 Å². The number of urea groups is 1. The summed E-state index contributed by atoms with van der Waals surface area (Å²) in [6.45, 7) is 11.2. The minimum atomic E-state index is -0.0126. The number of benzene rings is 1. The molecule has 2 aromatic heterocycles. The number of imidazole rings is 1. The molecule has 1 aromatic carbocycles. The van der Waals surface area contributed by atoms with Crippen molar-refractivity contribution in [2.45, 2.75) is 33.7 Å². The number of aromatic nitrogens is 3. The number of carbonyl (C=O) groups excluding carboxylic acids is 1. The number of amides is 2. The number of hydrogen-bond donors (Lipinski definition) is 1. The quantitative estimate of drug-likeness (QED) is 0.705. The maximum absolute atomic E-state index is 12.7. The number of anilines is 1. The molecule has 3 heterocycles. The molecule has 0 atom stereocenters. The summed E-state index contributed by atoms with van der Waals surface area (Å²) in [5.41, 5.74) is 5.05. The van der Waals surface area contributed by atoms with Gasteiger partial charge in [0.1, 0.15) is 11.3 Å². The Morgan fingerprint density at radius 3 is 2.67 bits per heavy atom. The van der Waals surface area contributed by atoms with Gasteiger partial charge in [0.05, 0.1) is 0 Å². The maximum atomic E-state index is 12.7. The van der Waals surface area contributed by atoms with Crippen LogP contribution in [0.15, 0.2) is 36.5 Å². The highest BCUT2D eigenvalue weighted by Gasteiger charge is 2.22. The third-order valence-corrected chi connectivity index (χ3v) is 5.83. The first-order valence-electron chi connectivity index (χ1n) is 10.7. The predicted molar refractivity (Wildman–Crippen MR) is 120 cm³/mol. The van der Waals surface area contributed by atoms with E-state index in [9.17, 15) is 4.79 Å². The number of rotatable bonds is 5. The Balaban J connectivity index is 1.32. The van der Waals surface area contributed by atoms with Crippen LogP contribution in [0.1, 0.15) is 23.9 Å². The van der Waals surface area contributed by atoms with E-state index in [1.165, 1.54) is 0 Å². The van der Waals surface area contributed by atoms with E-state index in [1.54, 1.807) is 0 Å². The fourth-order valence-corrected chi connectivity index (χ4v) is 3.99. The summed E-state index contributed by atoms with van der Waals surface area (Å²) in [7, 11) is 0. The van der Waals surface area contributed by atoms with Crippen LogP contribution in [0.3, 0.4) is 0 Å². The molecule has 30 heavy (non-hydrogen) atoms. The van der Waals surface area contributed by atoms with E-state index in [1.807, 2.05) is 49.2 Å². The maximum Gasteiger partial charge on any atom is 0.321 e. The number of nitrogens with zero attached hydrogens (tertiary/aromatic N) is 5. The van der Waals surface area contributed by atoms with E-state index >= 15 is 0 Å². The van der Waals surface area contributed by atoms with Gasteiger partial charge in [0.2, 0.25) is 0 Å². The number of nitrogens with one attached hydrogen (secondary N) is 1. The first kappa shape index (κ1) is 20.3. The molecule has 4 rings (SSSR count). The summed E-state index contributed by atoms with van der Waals surface area (Å²) in [6.07, 6.45) is 2.72. The molecule has 3 aromatic rings. The molecule has 1 aliphatic heterocycles. The van der Waals surface area contributed by atoms with Gasteiger partial charge in [-0.1, -0.05) is 19.1 Å². The molecule has 158 valence electrons. The second-order valence-electron chi connectivity index (χ2n) is 7.96. The van der Waals surface area contributed by atoms with E-state index in [4.69, 9.17) is 4.98 Å². The van der Waals surface area contributed by atoms with E-state index in [2.05, 4.69) is 32.8 Å². The minimum Gasteiger partial charge on any atom is -0.322 e.